The third kappa shape index (κ3) is 6.16. The molecule has 3 atom stereocenters. The molecule has 110 valence electrons. The van der Waals surface area contributed by atoms with E-state index >= 15 is 0 Å². The van der Waals surface area contributed by atoms with Gasteiger partial charge >= 0.3 is 5.97 Å². The number of hydrogen-bond donors (Lipinski definition) is 5. The van der Waals surface area contributed by atoms with Crippen molar-refractivity contribution in [2.45, 2.75) is 39.0 Å². The Kier molecular flexibility index (Phi) is 7.02. The van der Waals surface area contributed by atoms with Crippen LogP contribution in [-0.4, -0.2) is 52.7 Å². The summed E-state index contributed by atoms with van der Waals surface area (Å²) in [6.45, 7) is 4.37. The van der Waals surface area contributed by atoms with Crippen molar-refractivity contribution in [3.63, 3.8) is 0 Å². The Morgan fingerprint density at radius 1 is 1.21 bits per heavy atom. The number of carbonyl (C=O) groups is 3. The van der Waals surface area contributed by atoms with Crippen molar-refractivity contribution in [3.05, 3.63) is 0 Å². The molecule has 0 aromatic rings. The molecule has 0 bridgehead atoms. The van der Waals surface area contributed by atoms with E-state index < -0.39 is 42.5 Å². The van der Waals surface area contributed by atoms with Crippen LogP contribution in [0.2, 0.25) is 0 Å². The molecule has 8 heteroatoms. The minimum absolute atomic E-state index is 0.0766. The molecule has 2 amide bonds. The van der Waals surface area contributed by atoms with Gasteiger partial charge in [0.05, 0.1) is 18.7 Å². The molecule has 0 heterocycles. The van der Waals surface area contributed by atoms with Gasteiger partial charge in [-0.2, -0.15) is 0 Å². The molecule has 6 N–H and O–H groups in total. The van der Waals surface area contributed by atoms with Crippen molar-refractivity contribution in [3.8, 4) is 0 Å². The number of carboxylic acid groups (broad SMARTS) is 1. The highest BCUT2D eigenvalue weighted by Gasteiger charge is 2.25. The van der Waals surface area contributed by atoms with Crippen LogP contribution in [0.25, 0.3) is 0 Å². The predicted molar refractivity (Wildman–Crippen MR) is 67.1 cm³/mol. The fourth-order valence-corrected chi connectivity index (χ4v) is 1.20. The standard InChI is InChI=1S/C11H21N3O5/c1-5(2)8(12)10(17)13-4-7(16)14-9(6(3)15)11(18)19/h5-6,8-9,15H,4,12H2,1-3H3,(H,13,17)(H,14,16)(H,18,19). The topological polar surface area (TPSA) is 142 Å². The van der Waals surface area contributed by atoms with Crippen LogP contribution in [0.1, 0.15) is 20.8 Å². The SMILES string of the molecule is CC(C)C(N)C(=O)NCC(=O)NC(C(=O)O)C(C)O. The molecule has 0 spiro atoms. The Labute approximate surface area is 111 Å². The molecule has 3 unspecified atom stereocenters. The van der Waals surface area contributed by atoms with Gasteiger partial charge in [0.2, 0.25) is 11.8 Å². The number of amides is 2. The number of carbonyl (C=O) groups excluding carboxylic acids is 2. The second-order valence-corrected chi connectivity index (χ2v) is 4.61. The van der Waals surface area contributed by atoms with E-state index in [0.717, 1.165) is 0 Å². The molecule has 0 saturated carbocycles. The molecule has 0 rings (SSSR count). The number of nitrogens with two attached hydrogens (primary N) is 1. The summed E-state index contributed by atoms with van der Waals surface area (Å²) >= 11 is 0. The van der Waals surface area contributed by atoms with Crippen LogP contribution in [0.5, 0.6) is 0 Å². The van der Waals surface area contributed by atoms with Gasteiger partial charge in [-0.3, -0.25) is 9.59 Å². The predicted octanol–water partition coefficient (Wildman–Crippen LogP) is -1.96. The molecule has 0 radical (unpaired) electrons. The molecule has 0 aliphatic rings. The Morgan fingerprint density at radius 3 is 2.11 bits per heavy atom. The van der Waals surface area contributed by atoms with Crippen molar-refractivity contribution in [1.82, 2.24) is 10.6 Å². The molecule has 0 saturated heterocycles. The Bertz CT molecular complexity index is 343. The van der Waals surface area contributed by atoms with Crippen LogP contribution < -0.4 is 16.4 Å². The van der Waals surface area contributed by atoms with E-state index in [2.05, 4.69) is 10.6 Å². The number of nitrogens with one attached hydrogen (secondary N) is 2. The Morgan fingerprint density at radius 2 is 1.74 bits per heavy atom. The number of aliphatic hydroxyl groups is 1. The van der Waals surface area contributed by atoms with Crippen LogP contribution >= 0.6 is 0 Å². The molecule has 8 nitrogen and oxygen atoms in total. The maximum Gasteiger partial charge on any atom is 0.328 e. The lowest BCUT2D eigenvalue weighted by atomic mass is 10.1. The fraction of sp³-hybridized carbons (Fsp3) is 0.727. The molecule has 0 aliphatic carbocycles. The van der Waals surface area contributed by atoms with E-state index in [4.69, 9.17) is 15.9 Å². The normalized spacial score (nSPS) is 15.5. The average Bonchev–Trinajstić information content (AvgIpc) is 2.30. The van der Waals surface area contributed by atoms with Gasteiger partial charge in [-0.25, -0.2) is 4.79 Å². The second-order valence-electron chi connectivity index (χ2n) is 4.61. The Balaban J connectivity index is 4.26. The van der Waals surface area contributed by atoms with Crippen molar-refractivity contribution in [2.75, 3.05) is 6.54 Å². The third-order valence-electron chi connectivity index (χ3n) is 2.51. The number of aliphatic carboxylic acids is 1. The molecule has 19 heavy (non-hydrogen) atoms. The summed E-state index contributed by atoms with van der Waals surface area (Å²) in [5.74, 6) is -2.63. The highest BCUT2D eigenvalue weighted by atomic mass is 16.4. The second kappa shape index (κ2) is 7.70. The van der Waals surface area contributed by atoms with E-state index in [9.17, 15) is 14.4 Å². The van der Waals surface area contributed by atoms with E-state index in [1.165, 1.54) is 6.92 Å². The van der Waals surface area contributed by atoms with E-state index in [1.807, 2.05) is 0 Å². The first-order valence-corrected chi connectivity index (χ1v) is 5.90. The largest absolute Gasteiger partial charge is 0.480 e. The maximum atomic E-state index is 11.5. The smallest absolute Gasteiger partial charge is 0.328 e. The summed E-state index contributed by atoms with van der Waals surface area (Å²) in [7, 11) is 0. The van der Waals surface area contributed by atoms with E-state index in [-0.39, 0.29) is 5.92 Å². The lowest BCUT2D eigenvalue weighted by molar-refractivity contribution is -0.144. The quantitative estimate of drug-likeness (QED) is 0.365. The van der Waals surface area contributed by atoms with Crippen LogP contribution in [0, 0.1) is 5.92 Å². The van der Waals surface area contributed by atoms with E-state index in [0.29, 0.717) is 0 Å². The zero-order valence-corrected chi connectivity index (χ0v) is 11.2. The highest BCUT2D eigenvalue weighted by Crippen LogP contribution is 1.97. The van der Waals surface area contributed by atoms with Gasteiger partial charge in [0.1, 0.15) is 0 Å². The van der Waals surface area contributed by atoms with Crippen molar-refractivity contribution >= 4 is 17.8 Å². The average molecular weight is 275 g/mol. The molecular weight excluding hydrogens is 254 g/mol. The summed E-state index contributed by atoms with van der Waals surface area (Å²) < 4.78 is 0. The Hall–Kier alpha value is -1.67. The van der Waals surface area contributed by atoms with Crippen molar-refractivity contribution in [2.24, 2.45) is 11.7 Å². The van der Waals surface area contributed by atoms with Gasteiger partial charge in [0, 0.05) is 0 Å². The van der Waals surface area contributed by atoms with Gasteiger partial charge in [0.15, 0.2) is 6.04 Å². The van der Waals surface area contributed by atoms with Crippen molar-refractivity contribution < 1.29 is 24.6 Å². The van der Waals surface area contributed by atoms with Gasteiger partial charge in [-0.15, -0.1) is 0 Å². The molecule has 0 aromatic heterocycles. The van der Waals surface area contributed by atoms with Gasteiger partial charge in [0.25, 0.3) is 0 Å². The van der Waals surface area contributed by atoms with Crippen molar-refractivity contribution in [1.29, 1.82) is 0 Å². The fourth-order valence-electron chi connectivity index (χ4n) is 1.20. The number of hydrogen-bond acceptors (Lipinski definition) is 5. The summed E-state index contributed by atoms with van der Waals surface area (Å²) in [5, 5.41) is 22.3. The van der Waals surface area contributed by atoms with Crippen LogP contribution in [0.4, 0.5) is 0 Å². The number of aliphatic hydroxyl groups excluding tert-OH is 1. The minimum atomic E-state index is -1.41. The van der Waals surface area contributed by atoms with E-state index in [1.54, 1.807) is 13.8 Å². The van der Waals surface area contributed by atoms with Gasteiger partial charge < -0.3 is 26.6 Å². The first-order chi connectivity index (χ1) is 8.66. The molecule has 0 fully saturated rings. The number of rotatable bonds is 7. The van der Waals surface area contributed by atoms with Crippen LogP contribution in [0.3, 0.4) is 0 Å². The van der Waals surface area contributed by atoms with Gasteiger partial charge in [-0.05, 0) is 12.8 Å². The first-order valence-electron chi connectivity index (χ1n) is 5.90. The summed E-state index contributed by atoms with van der Waals surface area (Å²) in [5.41, 5.74) is 5.57. The maximum absolute atomic E-state index is 11.5. The third-order valence-corrected chi connectivity index (χ3v) is 2.51. The lowest BCUT2D eigenvalue weighted by Crippen LogP contribution is -2.52. The summed E-state index contributed by atoms with van der Waals surface area (Å²) in [6, 6.07) is -2.15. The lowest BCUT2D eigenvalue weighted by Gasteiger charge is -2.18. The monoisotopic (exact) mass is 275 g/mol. The molecule has 0 aliphatic heterocycles. The first kappa shape index (κ1) is 17.3. The zero-order chi connectivity index (χ0) is 15.2. The summed E-state index contributed by atoms with van der Waals surface area (Å²) in [6.07, 6.45) is -1.24. The van der Waals surface area contributed by atoms with Gasteiger partial charge in [-0.1, -0.05) is 13.8 Å². The van der Waals surface area contributed by atoms with Crippen LogP contribution in [0.15, 0.2) is 0 Å². The number of carboxylic acids is 1. The molecule has 0 aromatic carbocycles. The minimum Gasteiger partial charge on any atom is -0.480 e. The zero-order valence-electron chi connectivity index (χ0n) is 11.2. The van der Waals surface area contributed by atoms with Crippen LogP contribution in [-0.2, 0) is 14.4 Å². The highest BCUT2D eigenvalue weighted by molar-refractivity contribution is 5.89. The summed E-state index contributed by atoms with van der Waals surface area (Å²) in [4.78, 5) is 33.6. The molecular formula is C11H21N3O5.